The molecule has 0 unspecified atom stereocenters. The Kier molecular flexibility index (Phi) is 3.08. The lowest BCUT2D eigenvalue weighted by atomic mass is 10.3. The Morgan fingerprint density at radius 1 is 1.44 bits per heavy atom. The first-order valence-electron chi connectivity index (χ1n) is 5.91. The molecule has 0 radical (unpaired) electrons. The van der Waals surface area contributed by atoms with E-state index >= 15 is 0 Å². The molecule has 94 valence electrons. The molecule has 2 aromatic rings. The standard InChI is InChI=1S/C13H13BrClN3/c1-8-7-18(9-5-6-9)13(16-8)17-11-4-2-3-10(15)12(11)14/h2-4,7,9H,5-6H2,1H3,(H,16,17). The van der Waals surface area contributed by atoms with Crippen LogP contribution in [-0.4, -0.2) is 9.55 Å². The van der Waals surface area contributed by atoms with Gasteiger partial charge in [0, 0.05) is 12.2 Å². The van der Waals surface area contributed by atoms with Gasteiger partial charge in [-0.1, -0.05) is 17.7 Å². The van der Waals surface area contributed by atoms with Gasteiger partial charge in [-0.05, 0) is 47.8 Å². The zero-order chi connectivity index (χ0) is 12.7. The minimum Gasteiger partial charge on any atom is -0.325 e. The highest BCUT2D eigenvalue weighted by Crippen LogP contribution is 2.39. The summed E-state index contributed by atoms with van der Waals surface area (Å²) in [5, 5.41) is 4.04. The zero-order valence-electron chi connectivity index (χ0n) is 9.95. The number of hydrogen-bond acceptors (Lipinski definition) is 2. The molecule has 1 saturated carbocycles. The highest BCUT2D eigenvalue weighted by molar-refractivity contribution is 9.10. The van der Waals surface area contributed by atoms with Gasteiger partial charge in [0.25, 0.3) is 0 Å². The lowest BCUT2D eigenvalue weighted by Gasteiger charge is -2.10. The lowest BCUT2D eigenvalue weighted by Crippen LogP contribution is -2.01. The summed E-state index contributed by atoms with van der Waals surface area (Å²) in [7, 11) is 0. The predicted octanol–water partition coefficient (Wildman–Crippen LogP) is 4.69. The number of nitrogens with one attached hydrogen (secondary N) is 1. The highest BCUT2D eigenvalue weighted by Gasteiger charge is 2.26. The molecule has 3 nitrogen and oxygen atoms in total. The summed E-state index contributed by atoms with van der Waals surface area (Å²) in [6, 6.07) is 6.37. The summed E-state index contributed by atoms with van der Waals surface area (Å²) in [5.41, 5.74) is 1.97. The van der Waals surface area contributed by atoms with Crippen LogP contribution in [0.2, 0.25) is 5.02 Å². The number of aromatic nitrogens is 2. The molecule has 5 heteroatoms. The van der Waals surface area contributed by atoms with Gasteiger partial charge < -0.3 is 9.88 Å². The van der Waals surface area contributed by atoms with E-state index in [1.54, 1.807) is 0 Å². The Labute approximate surface area is 119 Å². The quantitative estimate of drug-likeness (QED) is 0.887. The second-order valence-corrected chi connectivity index (χ2v) is 5.77. The number of anilines is 2. The molecule has 1 aliphatic carbocycles. The van der Waals surface area contributed by atoms with Crippen molar-refractivity contribution in [2.45, 2.75) is 25.8 Å². The smallest absolute Gasteiger partial charge is 0.207 e. The summed E-state index contributed by atoms with van der Waals surface area (Å²) in [6.07, 6.45) is 4.57. The van der Waals surface area contributed by atoms with Crippen molar-refractivity contribution in [3.63, 3.8) is 0 Å². The molecule has 0 bridgehead atoms. The van der Waals surface area contributed by atoms with Crippen LogP contribution in [-0.2, 0) is 0 Å². The number of aryl methyl sites for hydroxylation is 1. The Hall–Kier alpha value is -1.000. The van der Waals surface area contributed by atoms with Crippen molar-refractivity contribution in [3.8, 4) is 0 Å². The monoisotopic (exact) mass is 325 g/mol. The fraction of sp³-hybridized carbons (Fsp3) is 0.308. The molecular formula is C13H13BrClN3. The average Bonchev–Trinajstić information content (AvgIpc) is 3.10. The van der Waals surface area contributed by atoms with Crippen molar-refractivity contribution in [2.75, 3.05) is 5.32 Å². The van der Waals surface area contributed by atoms with Crippen LogP contribution in [0.1, 0.15) is 24.6 Å². The van der Waals surface area contributed by atoms with Crippen molar-refractivity contribution in [1.29, 1.82) is 0 Å². The van der Waals surface area contributed by atoms with E-state index in [4.69, 9.17) is 11.6 Å². The van der Waals surface area contributed by atoms with Crippen LogP contribution in [0.15, 0.2) is 28.9 Å². The van der Waals surface area contributed by atoms with Gasteiger partial charge in [-0.2, -0.15) is 0 Å². The van der Waals surface area contributed by atoms with Gasteiger partial charge in [0.2, 0.25) is 5.95 Å². The minimum absolute atomic E-state index is 0.603. The van der Waals surface area contributed by atoms with E-state index in [0.29, 0.717) is 11.1 Å². The average molecular weight is 327 g/mol. The zero-order valence-corrected chi connectivity index (χ0v) is 12.3. The van der Waals surface area contributed by atoms with Crippen molar-refractivity contribution in [2.24, 2.45) is 0 Å². The molecule has 1 aromatic carbocycles. The molecule has 0 amide bonds. The fourth-order valence-electron chi connectivity index (χ4n) is 1.96. The third kappa shape index (κ3) is 2.27. The Morgan fingerprint density at radius 3 is 2.94 bits per heavy atom. The number of rotatable bonds is 3. The van der Waals surface area contributed by atoms with Gasteiger partial charge >= 0.3 is 0 Å². The molecule has 1 fully saturated rings. The number of hydrogen-bond donors (Lipinski definition) is 1. The first-order valence-corrected chi connectivity index (χ1v) is 7.09. The Bertz CT molecular complexity index is 590. The van der Waals surface area contributed by atoms with E-state index in [0.717, 1.165) is 21.8 Å². The molecule has 18 heavy (non-hydrogen) atoms. The van der Waals surface area contributed by atoms with Gasteiger partial charge in [0.15, 0.2) is 0 Å². The van der Waals surface area contributed by atoms with Gasteiger partial charge in [0.1, 0.15) is 0 Å². The van der Waals surface area contributed by atoms with E-state index in [1.165, 1.54) is 12.8 Å². The first-order chi connectivity index (χ1) is 8.65. The van der Waals surface area contributed by atoms with Crippen LogP contribution in [0.5, 0.6) is 0 Å². The second kappa shape index (κ2) is 4.59. The van der Waals surface area contributed by atoms with Crippen LogP contribution in [0.3, 0.4) is 0 Å². The van der Waals surface area contributed by atoms with Crippen molar-refractivity contribution in [1.82, 2.24) is 9.55 Å². The van der Waals surface area contributed by atoms with Gasteiger partial charge in [-0.15, -0.1) is 0 Å². The topological polar surface area (TPSA) is 29.9 Å². The third-order valence-electron chi connectivity index (χ3n) is 2.99. The molecule has 1 aromatic heterocycles. The van der Waals surface area contributed by atoms with Crippen molar-refractivity contribution < 1.29 is 0 Å². The predicted molar refractivity (Wildman–Crippen MR) is 77.7 cm³/mol. The van der Waals surface area contributed by atoms with Crippen molar-refractivity contribution >= 4 is 39.2 Å². The number of benzene rings is 1. The molecule has 0 atom stereocenters. The Morgan fingerprint density at radius 2 is 2.22 bits per heavy atom. The summed E-state index contributed by atoms with van der Waals surface area (Å²) >= 11 is 9.58. The summed E-state index contributed by atoms with van der Waals surface area (Å²) in [4.78, 5) is 4.53. The van der Waals surface area contributed by atoms with Crippen LogP contribution < -0.4 is 5.32 Å². The Balaban J connectivity index is 1.94. The molecule has 0 spiro atoms. The number of nitrogens with zero attached hydrogens (tertiary/aromatic N) is 2. The lowest BCUT2D eigenvalue weighted by molar-refractivity contribution is 0.750. The summed E-state index contributed by atoms with van der Waals surface area (Å²) in [6.45, 7) is 2.01. The molecule has 1 heterocycles. The van der Waals surface area contributed by atoms with E-state index in [9.17, 15) is 0 Å². The number of halogens is 2. The molecule has 0 saturated heterocycles. The first kappa shape index (κ1) is 12.1. The van der Waals surface area contributed by atoms with E-state index in [2.05, 4.69) is 37.0 Å². The SMILES string of the molecule is Cc1cn(C2CC2)c(Nc2cccc(Cl)c2Br)n1. The van der Waals surface area contributed by atoms with Gasteiger partial charge in [-0.25, -0.2) is 4.98 Å². The van der Waals surface area contributed by atoms with Gasteiger partial charge in [0.05, 0.1) is 20.9 Å². The molecule has 1 aliphatic rings. The molecule has 0 aliphatic heterocycles. The van der Waals surface area contributed by atoms with E-state index in [-0.39, 0.29) is 0 Å². The number of imidazole rings is 1. The van der Waals surface area contributed by atoms with Gasteiger partial charge in [-0.3, -0.25) is 0 Å². The second-order valence-electron chi connectivity index (χ2n) is 4.57. The minimum atomic E-state index is 0.603. The van der Waals surface area contributed by atoms with Crippen LogP contribution in [0, 0.1) is 6.92 Å². The molecule has 3 rings (SSSR count). The summed E-state index contributed by atoms with van der Waals surface area (Å²) in [5.74, 6) is 0.887. The van der Waals surface area contributed by atoms with Crippen LogP contribution in [0.4, 0.5) is 11.6 Å². The summed E-state index contributed by atoms with van der Waals surface area (Å²) < 4.78 is 3.08. The molecule has 1 N–H and O–H groups in total. The van der Waals surface area contributed by atoms with E-state index in [1.807, 2.05) is 25.1 Å². The third-order valence-corrected chi connectivity index (χ3v) is 4.39. The normalized spacial score (nSPS) is 14.8. The largest absolute Gasteiger partial charge is 0.325 e. The maximum atomic E-state index is 6.09. The maximum absolute atomic E-state index is 6.09. The maximum Gasteiger partial charge on any atom is 0.207 e. The van der Waals surface area contributed by atoms with Crippen LogP contribution >= 0.6 is 27.5 Å². The fourth-order valence-corrected chi connectivity index (χ4v) is 2.50. The van der Waals surface area contributed by atoms with Crippen LogP contribution in [0.25, 0.3) is 0 Å². The highest BCUT2D eigenvalue weighted by atomic mass is 79.9. The van der Waals surface area contributed by atoms with E-state index < -0.39 is 0 Å². The molecular weight excluding hydrogens is 314 g/mol. The van der Waals surface area contributed by atoms with Crippen molar-refractivity contribution in [3.05, 3.63) is 39.6 Å².